The van der Waals surface area contributed by atoms with Crippen molar-refractivity contribution < 1.29 is 19.7 Å². The molecular weight excluding hydrogens is 464 g/mol. The molecule has 0 saturated carbocycles. The molecule has 1 aliphatic heterocycles. The second-order valence-electron chi connectivity index (χ2n) is 8.90. The predicted molar refractivity (Wildman–Crippen MR) is 136 cm³/mol. The minimum absolute atomic E-state index is 0.0492. The normalized spacial score (nSPS) is 19.5. The van der Waals surface area contributed by atoms with Crippen molar-refractivity contribution >= 4 is 28.6 Å². The molecule has 186 valence electrons. The molecule has 3 atom stereocenters. The quantitative estimate of drug-likeness (QED) is 0.231. The number of rotatable bonds is 11. The first-order valence-electron chi connectivity index (χ1n) is 12.0. The van der Waals surface area contributed by atoms with E-state index in [1.807, 2.05) is 24.3 Å². The number of methoxy groups -OCH3 is 1. The molecule has 1 aromatic carbocycles. The summed E-state index contributed by atoms with van der Waals surface area (Å²) >= 11 is 1.62. The number of carboxylic acids is 1. The fourth-order valence-electron chi connectivity index (χ4n) is 4.80. The highest BCUT2D eigenvalue weighted by Crippen LogP contribution is 2.33. The number of nitrogens with zero attached hydrogens (tertiary/aromatic N) is 4. The van der Waals surface area contributed by atoms with E-state index in [0.717, 1.165) is 53.3 Å². The highest BCUT2D eigenvalue weighted by molar-refractivity contribution is 7.99. The Morgan fingerprint density at radius 3 is 2.83 bits per heavy atom. The Morgan fingerprint density at radius 1 is 1.23 bits per heavy atom. The van der Waals surface area contributed by atoms with Gasteiger partial charge in [0.15, 0.2) is 5.16 Å². The number of piperidine rings is 1. The molecule has 0 spiro atoms. The van der Waals surface area contributed by atoms with Gasteiger partial charge < -0.3 is 19.8 Å². The third kappa shape index (κ3) is 6.68. The van der Waals surface area contributed by atoms with Gasteiger partial charge in [-0.15, -0.1) is 0 Å². The molecule has 3 aromatic rings. The van der Waals surface area contributed by atoms with Crippen LogP contribution in [-0.4, -0.2) is 68.5 Å². The molecule has 4 rings (SSSR count). The van der Waals surface area contributed by atoms with Gasteiger partial charge in [0.2, 0.25) is 0 Å². The van der Waals surface area contributed by atoms with Gasteiger partial charge in [-0.3, -0.25) is 9.78 Å². The van der Waals surface area contributed by atoms with Crippen LogP contribution in [0.1, 0.15) is 37.4 Å². The average molecular weight is 497 g/mol. The van der Waals surface area contributed by atoms with Gasteiger partial charge in [0.05, 0.1) is 24.6 Å². The fourth-order valence-corrected chi connectivity index (χ4v) is 5.53. The number of aromatic nitrogens is 3. The number of aliphatic carboxylic acids is 1. The standard InChI is InChI=1S/C26H32N4O4S/c1-34-19-5-6-23-21(16-19)20(8-12-27-23)24(31)7-4-18-9-14-30(17-22(18)25(32)33)13-3-15-35-26-28-10-2-11-29-26/h2,5-6,8,10-12,16,18,22,24,31H,3-4,7,9,13-15,17H2,1H3,(H,32,33)/t18-,22+,24+/m1/s1. The van der Waals surface area contributed by atoms with E-state index in [9.17, 15) is 15.0 Å². The lowest BCUT2D eigenvalue weighted by atomic mass is 9.81. The summed E-state index contributed by atoms with van der Waals surface area (Å²) in [4.78, 5) is 27.1. The van der Waals surface area contributed by atoms with Crippen LogP contribution >= 0.6 is 11.8 Å². The Morgan fingerprint density at radius 2 is 2.06 bits per heavy atom. The van der Waals surface area contributed by atoms with Crippen molar-refractivity contribution in [3.63, 3.8) is 0 Å². The number of aliphatic hydroxyl groups excluding tert-OH is 1. The van der Waals surface area contributed by atoms with E-state index in [1.165, 1.54) is 0 Å². The molecular formula is C26H32N4O4S. The number of thioether (sulfide) groups is 1. The van der Waals surface area contributed by atoms with Gasteiger partial charge in [0, 0.05) is 36.3 Å². The first-order chi connectivity index (χ1) is 17.0. The van der Waals surface area contributed by atoms with Gasteiger partial charge in [-0.05, 0) is 80.6 Å². The third-order valence-electron chi connectivity index (χ3n) is 6.70. The van der Waals surface area contributed by atoms with Crippen LogP contribution in [0.4, 0.5) is 0 Å². The molecule has 2 aromatic heterocycles. The molecule has 3 heterocycles. The highest BCUT2D eigenvalue weighted by atomic mass is 32.2. The van der Waals surface area contributed by atoms with Gasteiger partial charge >= 0.3 is 5.97 Å². The lowest BCUT2D eigenvalue weighted by Gasteiger charge is -2.37. The maximum atomic E-state index is 12.1. The van der Waals surface area contributed by atoms with Crippen LogP contribution in [0.5, 0.6) is 5.75 Å². The topological polar surface area (TPSA) is 109 Å². The summed E-state index contributed by atoms with van der Waals surface area (Å²) in [6, 6.07) is 9.26. The molecule has 0 unspecified atom stereocenters. The van der Waals surface area contributed by atoms with Crippen LogP contribution < -0.4 is 4.74 Å². The number of hydrogen-bond donors (Lipinski definition) is 2. The van der Waals surface area contributed by atoms with Crippen molar-refractivity contribution in [3.8, 4) is 5.75 Å². The minimum Gasteiger partial charge on any atom is -0.497 e. The van der Waals surface area contributed by atoms with Crippen molar-refractivity contribution in [1.82, 2.24) is 19.9 Å². The van der Waals surface area contributed by atoms with Crippen LogP contribution in [0.15, 0.2) is 54.1 Å². The van der Waals surface area contributed by atoms with E-state index < -0.39 is 18.0 Å². The van der Waals surface area contributed by atoms with Crippen LogP contribution in [0.2, 0.25) is 0 Å². The number of carbonyl (C=O) groups is 1. The van der Waals surface area contributed by atoms with Gasteiger partial charge in [-0.1, -0.05) is 11.8 Å². The zero-order valence-corrected chi connectivity index (χ0v) is 20.7. The van der Waals surface area contributed by atoms with Crippen molar-refractivity contribution in [1.29, 1.82) is 0 Å². The lowest BCUT2D eigenvalue weighted by Crippen LogP contribution is -2.44. The van der Waals surface area contributed by atoms with Gasteiger partial charge in [-0.2, -0.15) is 0 Å². The van der Waals surface area contributed by atoms with Crippen LogP contribution in [-0.2, 0) is 4.79 Å². The fraction of sp³-hybridized carbons (Fsp3) is 0.462. The van der Waals surface area contributed by atoms with Crippen LogP contribution in [0.3, 0.4) is 0 Å². The molecule has 1 fully saturated rings. The number of carboxylic acid groups (broad SMARTS) is 1. The van der Waals surface area contributed by atoms with E-state index in [2.05, 4.69) is 19.9 Å². The van der Waals surface area contributed by atoms with E-state index in [4.69, 9.17) is 4.74 Å². The maximum Gasteiger partial charge on any atom is 0.308 e. The van der Waals surface area contributed by atoms with Gasteiger partial charge in [-0.25, -0.2) is 9.97 Å². The number of benzene rings is 1. The van der Waals surface area contributed by atoms with Gasteiger partial charge in [0.25, 0.3) is 0 Å². The predicted octanol–water partition coefficient (Wildman–Crippen LogP) is 4.05. The van der Waals surface area contributed by atoms with E-state index >= 15 is 0 Å². The van der Waals surface area contributed by atoms with Crippen molar-refractivity contribution in [2.24, 2.45) is 11.8 Å². The van der Waals surface area contributed by atoms with Crippen LogP contribution in [0.25, 0.3) is 10.9 Å². The summed E-state index contributed by atoms with van der Waals surface area (Å²) in [6.45, 7) is 2.30. The molecule has 0 aliphatic carbocycles. The second-order valence-corrected chi connectivity index (χ2v) is 9.97. The van der Waals surface area contributed by atoms with Crippen LogP contribution in [0, 0.1) is 11.8 Å². The summed E-state index contributed by atoms with van der Waals surface area (Å²) in [7, 11) is 1.61. The summed E-state index contributed by atoms with van der Waals surface area (Å²) < 4.78 is 5.33. The lowest BCUT2D eigenvalue weighted by molar-refractivity contribution is -0.146. The SMILES string of the molecule is COc1ccc2nccc([C@@H](O)CC[C@@H]3CCN(CCCSc4ncccn4)C[C@@H]3C(=O)O)c2c1. The Kier molecular flexibility index (Phi) is 8.90. The summed E-state index contributed by atoms with van der Waals surface area (Å²) in [5, 5.41) is 22.5. The first-order valence-corrected chi connectivity index (χ1v) is 13.0. The average Bonchev–Trinajstić information content (AvgIpc) is 2.89. The number of pyridine rings is 1. The molecule has 0 bridgehead atoms. The van der Waals surface area contributed by atoms with E-state index in [-0.39, 0.29) is 5.92 Å². The molecule has 9 heteroatoms. The van der Waals surface area contributed by atoms with Gasteiger partial charge in [0.1, 0.15) is 5.75 Å². The Bertz CT molecular complexity index is 1120. The summed E-state index contributed by atoms with van der Waals surface area (Å²) in [5.74, 6) is 0.495. The molecule has 1 aliphatic rings. The first kappa shape index (κ1) is 25.3. The maximum absolute atomic E-state index is 12.1. The molecule has 0 amide bonds. The largest absolute Gasteiger partial charge is 0.497 e. The Labute approximate surface area is 209 Å². The Hall–Kier alpha value is -2.75. The monoisotopic (exact) mass is 496 g/mol. The van der Waals surface area contributed by atoms with Crippen molar-refractivity contribution in [3.05, 3.63) is 54.5 Å². The molecule has 2 N–H and O–H groups in total. The minimum atomic E-state index is -0.750. The number of hydrogen-bond acceptors (Lipinski definition) is 8. The summed E-state index contributed by atoms with van der Waals surface area (Å²) in [6.07, 6.45) is 7.46. The molecule has 35 heavy (non-hydrogen) atoms. The molecule has 0 radical (unpaired) electrons. The Balaban J connectivity index is 1.30. The second kappa shape index (κ2) is 12.3. The number of likely N-dealkylation sites (tertiary alicyclic amines) is 1. The molecule has 1 saturated heterocycles. The third-order valence-corrected chi connectivity index (χ3v) is 7.66. The zero-order valence-electron chi connectivity index (χ0n) is 19.9. The van der Waals surface area contributed by atoms with Crippen molar-refractivity contribution in [2.45, 2.75) is 36.9 Å². The highest BCUT2D eigenvalue weighted by Gasteiger charge is 2.34. The smallest absolute Gasteiger partial charge is 0.308 e. The van der Waals surface area contributed by atoms with Crippen molar-refractivity contribution in [2.75, 3.05) is 32.5 Å². The molecule has 8 nitrogen and oxygen atoms in total. The van der Waals surface area contributed by atoms with E-state index in [0.29, 0.717) is 25.1 Å². The zero-order chi connectivity index (χ0) is 24.6. The van der Waals surface area contributed by atoms with E-state index in [1.54, 1.807) is 43.5 Å². The number of aliphatic hydroxyl groups is 1. The summed E-state index contributed by atoms with van der Waals surface area (Å²) in [5.41, 5.74) is 1.61. The number of ether oxygens (including phenoxy) is 1. The number of fused-ring (bicyclic) bond motifs is 1.